The minimum Gasteiger partial charge on any atom is -0.373 e. The molecule has 0 aliphatic rings. The smallest absolute Gasteiger partial charge is 0.306 e. The summed E-state index contributed by atoms with van der Waals surface area (Å²) in [4.78, 5) is 8.01. The normalized spacial score (nSPS) is 12.1. The van der Waals surface area contributed by atoms with Crippen molar-refractivity contribution in [3.05, 3.63) is 47.9 Å². The van der Waals surface area contributed by atoms with Crippen LogP contribution >= 0.6 is 0 Å². The fraction of sp³-hybridized carbons (Fsp3) is 0.278. The number of halogens is 3. The largest absolute Gasteiger partial charge is 0.373 e. The second-order valence-electron chi connectivity index (χ2n) is 6.51. The number of sulfone groups is 1. The lowest BCUT2D eigenvalue weighted by molar-refractivity contribution is -0.0279. The number of hydrogen-bond donors (Lipinski definition) is 2. The molecule has 12 heteroatoms. The Morgan fingerprint density at radius 1 is 1.20 bits per heavy atom. The zero-order valence-electron chi connectivity index (χ0n) is 16.3. The molecular weight excluding hydrogens is 421 g/mol. The molecule has 8 nitrogen and oxygen atoms in total. The van der Waals surface area contributed by atoms with Gasteiger partial charge in [-0.1, -0.05) is 0 Å². The van der Waals surface area contributed by atoms with E-state index in [2.05, 4.69) is 25.7 Å². The highest BCUT2D eigenvalue weighted by molar-refractivity contribution is 7.90. The number of nitrogens with zero attached hydrogens (tertiary/aromatic N) is 4. The minimum absolute atomic E-state index is 0.0211. The van der Waals surface area contributed by atoms with Gasteiger partial charge in [0.05, 0.1) is 33.7 Å². The first-order chi connectivity index (χ1) is 14.0. The number of aromatic nitrogens is 4. The van der Waals surface area contributed by atoms with Gasteiger partial charge < -0.3 is 10.6 Å². The average Bonchev–Trinajstić information content (AvgIpc) is 3.07. The van der Waals surface area contributed by atoms with Gasteiger partial charge in [-0.15, -0.1) is 0 Å². The third kappa shape index (κ3) is 4.37. The Balaban J connectivity index is 1.88. The van der Waals surface area contributed by atoms with Crippen molar-refractivity contribution in [3.8, 4) is 5.69 Å². The Morgan fingerprint density at radius 3 is 2.43 bits per heavy atom. The molecule has 0 atom stereocenters. The molecule has 1 aromatic carbocycles. The van der Waals surface area contributed by atoms with Crippen LogP contribution in [0, 0.1) is 6.92 Å². The molecule has 0 saturated carbocycles. The quantitative estimate of drug-likeness (QED) is 0.582. The van der Waals surface area contributed by atoms with Gasteiger partial charge in [0.25, 0.3) is 0 Å². The maximum absolute atomic E-state index is 13.7. The molecule has 2 heterocycles. The van der Waals surface area contributed by atoms with Crippen molar-refractivity contribution in [1.82, 2.24) is 19.7 Å². The lowest BCUT2D eigenvalue weighted by atomic mass is 10.2. The summed E-state index contributed by atoms with van der Waals surface area (Å²) in [6.45, 7) is -0.143. The van der Waals surface area contributed by atoms with Gasteiger partial charge in [-0.05, 0) is 31.2 Å². The van der Waals surface area contributed by atoms with E-state index in [1.165, 1.54) is 23.9 Å². The lowest BCUT2D eigenvalue weighted by Gasteiger charge is -2.16. The summed E-state index contributed by atoms with van der Waals surface area (Å²) in [7, 11) is -1.91. The van der Waals surface area contributed by atoms with E-state index in [0.29, 0.717) is 17.1 Å². The highest BCUT2D eigenvalue weighted by Gasteiger charge is 2.35. The van der Waals surface area contributed by atoms with E-state index in [0.717, 1.165) is 12.5 Å². The van der Waals surface area contributed by atoms with Gasteiger partial charge in [0, 0.05) is 19.5 Å². The fourth-order valence-electron chi connectivity index (χ4n) is 2.65. The van der Waals surface area contributed by atoms with E-state index in [4.69, 9.17) is 0 Å². The van der Waals surface area contributed by atoms with Gasteiger partial charge in [0.15, 0.2) is 16.5 Å². The van der Waals surface area contributed by atoms with E-state index < -0.39 is 28.0 Å². The standard InChI is InChI=1S/C18H19F3N6O2S/c1-11-15(9-27(26-11)12-4-6-13(7-5-12)30(3,28)29)24-17-23-8-14(16(22-2)25-17)18(20,21)10-19/h4-9H,10H2,1-3H3,(H2,22,23,24,25). The molecule has 0 aliphatic heterocycles. The Morgan fingerprint density at radius 2 is 1.87 bits per heavy atom. The van der Waals surface area contributed by atoms with Crippen LogP contribution in [0.15, 0.2) is 41.6 Å². The van der Waals surface area contributed by atoms with Gasteiger partial charge in [-0.3, -0.25) is 0 Å². The number of anilines is 3. The van der Waals surface area contributed by atoms with Crippen molar-refractivity contribution in [2.24, 2.45) is 0 Å². The van der Waals surface area contributed by atoms with Crippen LogP contribution in [0.5, 0.6) is 0 Å². The van der Waals surface area contributed by atoms with Crippen molar-refractivity contribution in [2.75, 3.05) is 30.6 Å². The molecule has 0 unspecified atom stereocenters. The van der Waals surface area contributed by atoms with Gasteiger partial charge in [-0.2, -0.15) is 18.9 Å². The molecule has 3 aromatic rings. The summed E-state index contributed by atoms with van der Waals surface area (Å²) in [6.07, 6.45) is 3.61. The van der Waals surface area contributed by atoms with Crippen molar-refractivity contribution in [2.45, 2.75) is 17.7 Å². The molecule has 0 bridgehead atoms. The molecule has 2 aromatic heterocycles. The molecule has 0 saturated heterocycles. The van der Waals surface area contributed by atoms with Gasteiger partial charge in [0.1, 0.15) is 5.82 Å². The van der Waals surface area contributed by atoms with Gasteiger partial charge in [-0.25, -0.2) is 22.5 Å². The highest BCUT2D eigenvalue weighted by atomic mass is 32.2. The van der Waals surface area contributed by atoms with Crippen molar-refractivity contribution in [3.63, 3.8) is 0 Å². The number of nitrogens with one attached hydrogen (secondary N) is 2. The first kappa shape index (κ1) is 21.6. The molecular formula is C18H19F3N6O2S. The van der Waals surface area contributed by atoms with E-state index in [9.17, 15) is 21.6 Å². The van der Waals surface area contributed by atoms with Crippen LogP contribution in [0.4, 0.5) is 30.6 Å². The van der Waals surface area contributed by atoms with Crippen LogP contribution in [-0.2, 0) is 15.8 Å². The molecule has 0 amide bonds. The van der Waals surface area contributed by atoms with Gasteiger partial charge in [0.2, 0.25) is 5.95 Å². The third-order valence-corrected chi connectivity index (χ3v) is 5.39. The molecule has 0 fully saturated rings. The van der Waals surface area contributed by atoms with Crippen LogP contribution in [0.25, 0.3) is 5.69 Å². The Hall–Kier alpha value is -3.15. The molecule has 160 valence electrons. The second kappa shape index (κ2) is 7.94. The van der Waals surface area contributed by atoms with Crippen molar-refractivity contribution < 1.29 is 21.6 Å². The monoisotopic (exact) mass is 440 g/mol. The second-order valence-corrected chi connectivity index (χ2v) is 8.52. The molecule has 0 spiro atoms. The van der Waals surface area contributed by atoms with Crippen LogP contribution < -0.4 is 10.6 Å². The maximum Gasteiger partial charge on any atom is 0.306 e. The third-order valence-electron chi connectivity index (χ3n) is 4.26. The van der Waals surface area contributed by atoms with Gasteiger partial charge >= 0.3 is 5.92 Å². The Labute approximate surface area is 171 Å². The lowest BCUT2D eigenvalue weighted by Crippen LogP contribution is -2.19. The topological polar surface area (TPSA) is 102 Å². The Kier molecular flexibility index (Phi) is 5.70. The zero-order valence-corrected chi connectivity index (χ0v) is 17.1. The summed E-state index contributed by atoms with van der Waals surface area (Å²) in [6, 6.07) is 6.16. The molecule has 30 heavy (non-hydrogen) atoms. The summed E-state index contributed by atoms with van der Waals surface area (Å²) in [5, 5.41) is 9.75. The molecule has 2 N–H and O–H groups in total. The number of benzene rings is 1. The van der Waals surface area contributed by atoms with Crippen LogP contribution in [-0.4, -0.2) is 48.1 Å². The summed E-state index contributed by atoms with van der Waals surface area (Å²) in [5.41, 5.74) is 1.05. The van der Waals surface area contributed by atoms with Crippen molar-refractivity contribution in [1.29, 1.82) is 0 Å². The zero-order chi connectivity index (χ0) is 22.1. The van der Waals surface area contributed by atoms with Crippen LogP contribution in [0.1, 0.15) is 11.3 Å². The summed E-state index contributed by atoms with van der Waals surface area (Å²) in [5.74, 6) is -3.88. The SMILES string of the molecule is CNc1nc(Nc2cn(-c3ccc(S(C)(=O)=O)cc3)nc2C)ncc1C(F)(F)CF. The van der Waals surface area contributed by atoms with E-state index in [1.807, 2.05) is 0 Å². The molecule has 3 rings (SSSR count). The number of alkyl halides is 3. The van der Waals surface area contributed by atoms with Crippen molar-refractivity contribution >= 4 is 27.3 Å². The summed E-state index contributed by atoms with van der Waals surface area (Å²) < 4.78 is 64.7. The van der Waals surface area contributed by atoms with Crippen LogP contribution in [0.3, 0.4) is 0 Å². The fourth-order valence-corrected chi connectivity index (χ4v) is 3.28. The average molecular weight is 440 g/mol. The van der Waals surface area contributed by atoms with E-state index >= 15 is 0 Å². The molecule has 0 radical (unpaired) electrons. The summed E-state index contributed by atoms with van der Waals surface area (Å²) >= 11 is 0. The first-order valence-electron chi connectivity index (χ1n) is 8.68. The minimum atomic E-state index is -3.70. The highest BCUT2D eigenvalue weighted by Crippen LogP contribution is 2.33. The van der Waals surface area contributed by atoms with E-state index in [1.54, 1.807) is 25.3 Å². The number of aryl methyl sites for hydroxylation is 1. The van der Waals surface area contributed by atoms with E-state index in [-0.39, 0.29) is 16.7 Å². The first-order valence-corrected chi connectivity index (χ1v) is 10.6. The maximum atomic E-state index is 13.7. The number of hydrogen-bond acceptors (Lipinski definition) is 7. The predicted octanol–water partition coefficient (Wildman–Crippen LogP) is 3.22. The molecule has 0 aliphatic carbocycles. The Bertz CT molecular complexity index is 1160. The number of rotatable bonds is 7. The predicted molar refractivity (Wildman–Crippen MR) is 106 cm³/mol. The van der Waals surface area contributed by atoms with Crippen LogP contribution in [0.2, 0.25) is 0 Å².